The molecule has 0 spiro atoms. The molecule has 104 valence electrons. The van der Waals surface area contributed by atoms with E-state index in [-0.39, 0.29) is 19.4 Å². The fourth-order valence-corrected chi connectivity index (χ4v) is 1.77. The van der Waals surface area contributed by atoms with E-state index in [9.17, 15) is 22.8 Å². The van der Waals surface area contributed by atoms with Gasteiger partial charge in [0.2, 0.25) is 0 Å². The fraction of sp³-hybridized carbons (Fsp3) is 0.800. The molecule has 1 aliphatic heterocycles. The molecule has 0 aromatic rings. The van der Waals surface area contributed by atoms with Gasteiger partial charge in [-0.3, -0.25) is 4.79 Å². The number of carboxylic acids is 1. The number of hydrogen-bond donors (Lipinski definition) is 2. The van der Waals surface area contributed by atoms with Crippen LogP contribution >= 0.6 is 0 Å². The van der Waals surface area contributed by atoms with Crippen LogP contribution in [0.5, 0.6) is 0 Å². The van der Waals surface area contributed by atoms with Gasteiger partial charge in [-0.05, 0) is 19.8 Å². The maximum absolute atomic E-state index is 12.5. The number of aliphatic carboxylic acids is 1. The second-order valence-electron chi connectivity index (χ2n) is 4.34. The number of rotatable bonds is 2. The van der Waals surface area contributed by atoms with E-state index in [1.54, 1.807) is 0 Å². The normalized spacial score (nSPS) is 22.4. The summed E-state index contributed by atoms with van der Waals surface area (Å²) in [7, 11) is 0. The molecule has 5 nitrogen and oxygen atoms in total. The van der Waals surface area contributed by atoms with Crippen LogP contribution in [0.25, 0.3) is 0 Å². The van der Waals surface area contributed by atoms with Crippen LogP contribution in [0.3, 0.4) is 0 Å². The Morgan fingerprint density at radius 2 is 2.06 bits per heavy atom. The summed E-state index contributed by atoms with van der Waals surface area (Å²) in [6, 6.07) is -1.89. The van der Waals surface area contributed by atoms with Crippen LogP contribution in [0.1, 0.15) is 19.8 Å². The Bertz CT molecular complexity index is 333. The molecule has 0 aromatic heterocycles. The molecule has 1 heterocycles. The number of likely N-dealkylation sites (tertiary alicyclic amines) is 1. The summed E-state index contributed by atoms with van der Waals surface area (Å²) >= 11 is 0. The number of carbonyl (C=O) groups excluding carboxylic acids is 1. The van der Waals surface area contributed by atoms with E-state index in [0.29, 0.717) is 0 Å². The number of hydrogen-bond acceptors (Lipinski definition) is 2. The second kappa shape index (κ2) is 5.45. The van der Waals surface area contributed by atoms with Gasteiger partial charge in [0, 0.05) is 13.1 Å². The quantitative estimate of drug-likeness (QED) is 0.796. The standard InChI is InChI=1S/C10H15F3N2O3/c1-6(8(16)17)14-9(18)15-4-2-3-7(5-15)10(11,12)13/h6-7H,2-5H2,1H3,(H,14,18)(H,16,17)/t6-,7?/m1/s1. The highest BCUT2D eigenvalue weighted by Gasteiger charge is 2.42. The Balaban J connectivity index is 2.56. The first kappa shape index (κ1) is 14.6. The third kappa shape index (κ3) is 3.78. The molecule has 0 radical (unpaired) electrons. The Kier molecular flexibility index (Phi) is 4.42. The molecule has 18 heavy (non-hydrogen) atoms. The zero-order valence-corrected chi connectivity index (χ0v) is 9.83. The number of carbonyl (C=O) groups is 2. The van der Waals surface area contributed by atoms with Crippen molar-refractivity contribution in [3.8, 4) is 0 Å². The van der Waals surface area contributed by atoms with Crippen LogP contribution in [0, 0.1) is 5.92 Å². The Morgan fingerprint density at radius 1 is 1.44 bits per heavy atom. The number of alkyl halides is 3. The minimum Gasteiger partial charge on any atom is -0.480 e. The maximum atomic E-state index is 12.5. The lowest BCUT2D eigenvalue weighted by molar-refractivity contribution is -0.184. The van der Waals surface area contributed by atoms with Crippen molar-refractivity contribution < 1.29 is 27.9 Å². The molecule has 2 N–H and O–H groups in total. The third-order valence-electron chi connectivity index (χ3n) is 2.88. The van der Waals surface area contributed by atoms with Crippen molar-refractivity contribution >= 4 is 12.0 Å². The first-order chi connectivity index (χ1) is 8.21. The molecule has 0 bridgehead atoms. The van der Waals surface area contributed by atoms with Gasteiger partial charge in [-0.2, -0.15) is 13.2 Å². The highest BCUT2D eigenvalue weighted by molar-refractivity contribution is 5.82. The molecule has 0 aromatic carbocycles. The van der Waals surface area contributed by atoms with Crippen molar-refractivity contribution in [2.24, 2.45) is 5.92 Å². The molecule has 2 atom stereocenters. The van der Waals surface area contributed by atoms with E-state index >= 15 is 0 Å². The second-order valence-corrected chi connectivity index (χ2v) is 4.34. The van der Waals surface area contributed by atoms with Crippen molar-refractivity contribution in [2.75, 3.05) is 13.1 Å². The van der Waals surface area contributed by atoms with Crippen LogP contribution in [-0.2, 0) is 4.79 Å². The van der Waals surface area contributed by atoms with E-state index in [1.807, 2.05) is 0 Å². The largest absolute Gasteiger partial charge is 0.480 e. The van der Waals surface area contributed by atoms with Crippen LogP contribution in [-0.4, -0.2) is 47.3 Å². The minimum absolute atomic E-state index is 0.00175. The van der Waals surface area contributed by atoms with E-state index < -0.39 is 36.7 Å². The van der Waals surface area contributed by atoms with Gasteiger partial charge in [0.15, 0.2) is 0 Å². The first-order valence-electron chi connectivity index (χ1n) is 5.56. The van der Waals surface area contributed by atoms with Crippen molar-refractivity contribution in [1.29, 1.82) is 0 Å². The Morgan fingerprint density at radius 3 is 2.56 bits per heavy atom. The number of halogens is 3. The van der Waals surface area contributed by atoms with Crippen molar-refractivity contribution in [3.63, 3.8) is 0 Å². The molecular weight excluding hydrogens is 253 g/mol. The van der Waals surface area contributed by atoms with Crippen molar-refractivity contribution in [1.82, 2.24) is 10.2 Å². The lowest BCUT2D eigenvalue weighted by Gasteiger charge is -2.34. The fourth-order valence-electron chi connectivity index (χ4n) is 1.77. The summed E-state index contributed by atoms with van der Waals surface area (Å²) in [5.74, 6) is -2.76. The molecule has 1 rings (SSSR count). The summed E-state index contributed by atoms with van der Waals surface area (Å²) < 4.78 is 37.5. The van der Waals surface area contributed by atoms with Gasteiger partial charge in [-0.15, -0.1) is 0 Å². The average Bonchev–Trinajstić information content (AvgIpc) is 2.27. The van der Waals surface area contributed by atoms with Crippen LogP contribution in [0.4, 0.5) is 18.0 Å². The third-order valence-corrected chi connectivity index (χ3v) is 2.88. The van der Waals surface area contributed by atoms with Crippen LogP contribution < -0.4 is 5.32 Å². The molecule has 1 aliphatic rings. The predicted molar refractivity (Wildman–Crippen MR) is 56.0 cm³/mol. The Labute approximate surface area is 102 Å². The maximum Gasteiger partial charge on any atom is 0.393 e. The SMILES string of the molecule is C[C@@H](NC(=O)N1CCCC(C(F)(F)F)C1)C(=O)O. The lowest BCUT2D eigenvalue weighted by Crippen LogP contribution is -2.51. The molecule has 2 amide bonds. The van der Waals surface area contributed by atoms with Gasteiger partial charge in [0.25, 0.3) is 0 Å². The topological polar surface area (TPSA) is 69.6 Å². The van der Waals surface area contributed by atoms with Crippen LogP contribution in [0.15, 0.2) is 0 Å². The van der Waals surface area contributed by atoms with E-state index in [1.165, 1.54) is 6.92 Å². The molecule has 1 saturated heterocycles. The monoisotopic (exact) mass is 268 g/mol. The number of carboxylic acid groups (broad SMARTS) is 1. The summed E-state index contributed by atoms with van der Waals surface area (Å²) in [5.41, 5.74) is 0. The average molecular weight is 268 g/mol. The molecule has 8 heteroatoms. The molecular formula is C10H15F3N2O3. The number of nitrogens with zero attached hydrogens (tertiary/aromatic N) is 1. The predicted octanol–water partition coefficient (Wildman–Crippen LogP) is 1.44. The van der Waals surface area contributed by atoms with Crippen LogP contribution in [0.2, 0.25) is 0 Å². The molecule has 0 aliphatic carbocycles. The van der Waals surface area contributed by atoms with Gasteiger partial charge in [0.1, 0.15) is 6.04 Å². The van der Waals surface area contributed by atoms with Crippen molar-refractivity contribution in [3.05, 3.63) is 0 Å². The molecule has 1 fully saturated rings. The highest BCUT2D eigenvalue weighted by Crippen LogP contribution is 2.33. The van der Waals surface area contributed by atoms with Gasteiger partial charge < -0.3 is 15.3 Å². The zero-order chi connectivity index (χ0) is 13.9. The smallest absolute Gasteiger partial charge is 0.393 e. The van der Waals surface area contributed by atoms with E-state index in [2.05, 4.69) is 5.32 Å². The van der Waals surface area contributed by atoms with Gasteiger partial charge in [-0.1, -0.05) is 0 Å². The molecule has 1 unspecified atom stereocenters. The lowest BCUT2D eigenvalue weighted by atomic mass is 9.98. The van der Waals surface area contributed by atoms with E-state index in [0.717, 1.165) is 4.90 Å². The number of piperidine rings is 1. The minimum atomic E-state index is -4.32. The van der Waals surface area contributed by atoms with Gasteiger partial charge >= 0.3 is 18.2 Å². The summed E-state index contributed by atoms with van der Waals surface area (Å²) in [5, 5.41) is 10.7. The van der Waals surface area contributed by atoms with Gasteiger partial charge in [0.05, 0.1) is 5.92 Å². The highest BCUT2D eigenvalue weighted by atomic mass is 19.4. The number of nitrogens with one attached hydrogen (secondary N) is 1. The van der Waals surface area contributed by atoms with Crippen molar-refractivity contribution in [2.45, 2.75) is 32.0 Å². The number of amides is 2. The Hall–Kier alpha value is -1.47. The molecule has 0 saturated carbocycles. The first-order valence-corrected chi connectivity index (χ1v) is 5.56. The number of urea groups is 1. The summed E-state index contributed by atoms with van der Waals surface area (Å²) in [6.45, 7) is 1.05. The summed E-state index contributed by atoms with van der Waals surface area (Å²) in [4.78, 5) is 23.1. The van der Waals surface area contributed by atoms with Gasteiger partial charge in [-0.25, -0.2) is 4.79 Å². The van der Waals surface area contributed by atoms with E-state index in [4.69, 9.17) is 5.11 Å². The zero-order valence-electron chi connectivity index (χ0n) is 9.83. The summed E-state index contributed by atoms with van der Waals surface area (Å²) in [6.07, 6.45) is -4.06.